The number of carbonyl (C=O) groups excluding carboxylic acids is 1. The lowest BCUT2D eigenvalue weighted by molar-refractivity contribution is -0.116. The van der Waals surface area contributed by atoms with Gasteiger partial charge in [0, 0.05) is 19.2 Å². The molecule has 0 fully saturated rings. The molecule has 0 aliphatic carbocycles. The summed E-state index contributed by atoms with van der Waals surface area (Å²) in [4.78, 5) is 24.3. The van der Waals surface area contributed by atoms with E-state index in [9.17, 15) is 18.0 Å². The number of rotatable bonds is 3. The molecule has 0 unspecified atom stereocenters. The average Bonchev–Trinajstić information content (AvgIpc) is 3.09. The Hall–Kier alpha value is -2.32. The largest absolute Gasteiger partial charge is 0.477 e. The van der Waals surface area contributed by atoms with Crippen LogP contribution in [-0.2, 0) is 21.2 Å². The fourth-order valence-electron chi connectivity index (χ4n) is 2.77. The first-order chi connectivity index (χ1) is 11.2. The van der Waals surface area contributed by atoms with Crippen molar-refractivity contribution in [1.29, 1.82) is 0 Å². The van der Waals surface area contributed by atoms with Crippen LogP contribution in [0.5, 0.6) is 0 Å². The first kappa shape index (κ1) is 16.5. The number of aromatic carboxylic acids is 1. The van der Waals surface area contributed by atoms with E-state index in [0.717, 1.165) is 6.07 Å². The summed E-state index contributed by atoms with van der Waals surface area (Å²) in [6, 6.07) is 6.70. The monoisotopic (exact) mass is 368 g/mol. The SMILES string of the molecule is CC(=O)N1CCc2cc(S(=O)(=O)n3c(Cl)ccc3C(=O)O)ccc21. The van der Waals surface area contributed by atoms with Crippen LogP contribution in [0.3, 0.4) is 0 Å². The first-order valence-electron chi connectivity index (χ1n) is 7.00. The molecule has 2 heterocycles. The molecule has 0 bridgehead atoms. The van der Waals surface area contributed by atoms with Crippen molar-refractivity contribution in [1.82, 2.24) is 3.97 Å². The van der Waals surface area contributed by atoms with E-state index in [1.807, 2.05) is 0 Å². The lowest BCUT2D eigenvalue weighted by Gasteiger charge is -2.15. The average molecular weight is 369 g/mol. The van der Waals surface area contributed by atoms with Crippen molar-refractivity contribution in [2.45, 2.75) is 18.2 Å². The van der Waals surface area contributed by atoms with E-state index in [-0.39, 0.29) is 16.0 Å². The van der Waals surface area contributed by atoms with E-state index >= 15 is 0 Å². The first-order valence-corrected chi connectivity index (χ1v) is 8.82. The minimum absolute atomic E-state index is 0.0766. The zero-order chi connectivity index (χ0) is 17.6. The number of carboxylic acids is 1. The summed E-state index contributed by atoms with van der Waals surface area (Å²) in [6.45, 7) is 1.93. The molecule has 1 amide bonds. The van der Waals surface area contributed by atoms with Crippen LogP contribution >= 0.6 is 11.6 Å². The highest BCUT2D eigenvalue weighted by atomic mass is 35.5. The molecule has 1 aliphatic rings. The van der Waals surface area contributed by atoms with Gasteiger partial charge in [-0.05, 0) is 42.3 Å². The van der Waals surface area contributed by atoms with Gasteiger partial charge in [-0.1, -0.05) is 11.6 Å². The maximum Gasteiger partial charge on any atom is 0.353 e. The van der Waals surface area contributed by atoms with Gasteiger partial charge in [-0.15, -0.1) is 0 Å². The number of fused-ring (bicyclic) bond motifs is 1. The van der Waals surface area contributed by atoms with Crippen molar-refractivity contribution in [2.24, 2.45) is 0 Å². The normalized spacial score (nSPS) is 13.8. The summed E-state index contributed by atoms with van der Waals surface area (Å²) in [5.41, 5.74) is 0.941. The number of nitrogens with zero attached hydrogens (tertiary/aromatic N) is 2. The highest BCUT2D eigenvalue weighted by molar-refractivity contribution is 7.90. The number of hydrogen-bond donors (Lipinski definition) is 1. The van der Waals surface area contributed by atoms with Crippen molar-refractivity contribution in [2.75, 3.05) is 11.4 Å². The smallest absolute Gasteiger partial charge is 0.353 e. The van der Waals surface area contributed by atoms with Crippen LogP contribution in [0.15, 0.2) is 35.2 Å². The second kappa shape index (κ2) is 5.64. The fourth-order valence-corrected chi connectivity index (χ4v) is 4.63. The predicted molar refractivity (Wildman–Crippen MR) is 87.2 cm³/mol. The van der Waals surface area contributed by atoms with E-state index in [2.05, 4.69) is 0 Å². The van der Waals surface area contributed by atoms with Crippen LogP contribution < -0.4 is 4.90 Å². The van der Waals surface area contributed by atoms with Crippen LogP contribution in [0.1, 0.15) is 23.0 Å². The molecule has 3 rings (SSSR count). The van der Waals surface area contributed by atoms with Crippen molar-refractivity contribution in [3.63, 3.8) is 0 Å². The van der Waals surface area contributed by atoms with Crippen LogP contribution in [0.2, 0.25) is 5.15 Å². The summed E-state index contributed by atoms with van der Waals surface area (Å²) < 4.78 is 26.2. The lowest BCUT2D eigenvalue weighted by atomic mass is 10.2. The number of amides is 1. The van der Waals surface area contributed by atoms with E-state index in [1.54, 1.807) is 11.0 Å². The van der Waals surface area contributed by atoms with E-state index in [4.69, 9.17) is 16.7 Å². The molecule has 1 N–H and O–H groups in total. The second-order valence-electron chi connectivity index (χ2n) is 5.33. The quantitative estimate of drug-likeness (QED) is 0.893. The predicted octanol–water partition coefficient (Wildman–Crippen LogP) is 1.99. The molecular formula is C15H13ClN2O5S. The zero-order valence-electron chi connectivity index (χ0n) is 12.6. The summed E-state index contributed by atoms with van der Waals surface area (Å²) in [5, 5.41) is 8.94. The Balaban J connectivity index is 2.12. The van der Waals surface area contributed by atoms with Gasteiger partial charge in [0.25, 0.3) is 10.0 Å². The molecule has 0 saturated heterocycles. The zero-order valence-corrected chi connectivity index (χ0v) is 14.1. The van der Waals surface area contributed by atoms with E-state index < -0.39 is 21.7 Å². The van der Waals surface area contributed by atoms with Gasteiger partial charge in [0.2, 0.25) is 5.91 Å². The van der Waals surface area contributed by atoms with Gasteiger partial charge in [0.15, 0.2) is 0 Å². The standard InChI is InChI=1S/C15H13ClN2O5S/c1-9(19)17-7-6-10-8-11(2-3-12(10)17)24(22,23)18-13(15(20)21)4-5-14(18)16/h2-5,8H,6-7H2,1H3,(H,20,21). The van der Waals surface area contributed by atoms with Crippen molar-refractivity contribution in [3.8, 4) is 0 Å². The highest BCUT2D eigenvalue weighted by Gasteiger charge is 2.29. The molecule has 24 heavy (non-hydrogen) atoms. The molecule has 7 nitrogen and oxygen atoms in total. The maximum atomic E-state index is 12.8. The molecule has 0 atom stereocenters. The third-order valence-corrected chi connectivity index (χ3v) is 5.99. The number of carbonyl (C=O) groups is 2. The minimum Gasteiger partial charge on any atom is -0.477 e. The Kier molecular flexibility index (Phi) is 3.89. The lowest BCUT2D eigenvalue weighted by Crippen LogP contribution is -2.25. The number of anilines is 1. The number of hydrogen-bond acceptors (Lipinski definition) is 4. The summed E-state index contributed by atoms with van der Waals surface area (Å²) in [5.74, 6) is -1.51. The van der Waals surface area contributed by atoms with Crippen LogP contribution in [-0.4, -0.2) is 35.9 Å². The summed E-state index contributed by atoms with van der Waals surface area (Å²) in [6.07, 6.45) is 0.531. The third kappa shape index (κ3) is 2.47. The maximum absolute atomic E-state index is 12.8. The van der Waals surface area contributed by atoms with Crippen LogP contribution in [0.25, 0.3) is 0 Å². The Morgan fingerprint density at radius 3 is 2.54 bits per heavy atom. The Morgan fingerprint density at radius 2 is 1.92 bits per heavy atom. The van der Waals surface area contributed by atoms with Gasteiger partial charge in [-0.25, -0.2) is 17.2 Å². The Morgan fingerprint density at radius 1 is 1.21 bits per heavy atom. The van der Waals surface area contributed by atoms with Gasteiger partial charge in [-0.2, -0.15) is 0 Å². The van der Waals surface area contributed by atoms with Crippen molar-refractivity contribution in [3.05, 3.63) is 46.7 Å². The molecular weight excluding hydrogens is 356 g/mol. The van der Waals surface area contributed by atoms with Gasteiger partial charge < -0.3 is 10.0 Å². The molecule has 2 aromatic rings. The van der Waals surface area contributed by atoms with Gasteiger partial charge in [0.1, 0.15) is 10.8 Å². The van der Waals surface area contributed by atoms with Gasteiger partial charge in [-0.3, -0.25) is 4.79 Å². The topological polar surface area (TPSA) is 96.7 Å². The van der Waals surface area contributed by atoms with Crippen molar-refractivity contribution < 1.29 is 23.1 Å². The molecule has 1 aromatic carbocycles. The Bertz CT molecular complexity index is 964. The van der Waals surface area contributed by atoms with Gasteiger partial charge in [0.05, 0.1) is 4.90 Å². The molecule has 1 aliphatic heterocycles. The second-order valence-corrected chi connectivity index (χ2v) is 7.50. The van der Waals surface area contributed by atoms with Gasteiger partial charge >= 0.3 is 5.97 Å². The number of halogens is 1. The van der Waals surface area contributed by atoms with Crippen LogP contribution in [0, 0.1) is 0 Å². The molecule has 9 heteroatoms. The molecule has 0 radical (unpaired) electrons. The third-order valence-electron chi connectivity index (χ3n) is 3.88. The minimum atomic E-state index is -4.16. The Labute approximate surface area is 143 Å². The van der Waals surface area contributed by atoms with Crippen molar-refractivity contribution >= 4 is 39.2 Å². The molecule has 126 valence electrons. The van der Waals surface area contributed by atoms with E-state index in [1.165, 1.54) is 25.1 Å². The van der Waals surface area contributed by atoms with E-state index in [0.29, 0.717) is 28.2 Å². The number of carboxylic acid groups (broad SMARTS) is 1. The molecule has 1 aromatic heterocycles. The summed E-state index contributed by atoms with van der Waals surface area (Å²) in [7, 11) is -4.16. The number of benzene rings is 1. The number of aromatic nitrogens is 1. The highest BCUT2D eigenvalue weighted by Crippen LogP contribution is 2.32. The molecule has 0 spiro atoms. The fraction of sp³-hybridized carbons (Fsp3) is 0.200. The molecule has 0 saturated carbocycles. The summed E-state index contributed by atoms with van der Waals surface area (Å²) >= 11 is 5.87. The van der Waals surface area contributed by atoms with Crippen LogP contribution in [0.4, 0.5) is 5.69 Å².